The number of nitrogens with one attached hydrogen (secondary N) is 2. The smallest absolute Gasteiger partial charge is 0.306 e. The minimum absolute atomic E-state index is 0.0377. The predicted molar refractivity (Wildman–Crippen MR) is 365 cm³/mol. The Morgan fingerprint density at radius 3 is 1.01 bits per heavy atom. The van der Waals surface area contributed by atoms with Crippen LogP contribution in [0.1, 0.15) is 151 Å². The Labute approximate surface area is 530 Å². The van der Waals surface area contributed by atoms with E-state index in [4.69, 9.17) is 31.4 Å². The van der Waals surface area contributed by atoms with Gasteiger partial charge in [-0.2, -0.15) is 0 Å². The van der Waals surface area contributed by atoms with Crippen LogP contribution < -0.4 is 42.0 Å². The molecule has 12 nitrogen and oxygen atoms in total. The Kier molecular flexibility index (Phi) is 40.3. The number of aliphatic carboxylic acids is 1. The highest BCUT2D eigenvalue weighted by atomic mass is 16.5. The number of rotatable bonds is 38. The number of benzene rings is 6. The first-order valence-electron chi connectivity index (χ1n) is 32.7. The molecule has 9 N–H and O–H groups in total. The summed E-state index contributed by atoms with van der Waals surface area (Å²) in [5.74, 6) is 3.09. The van der Waals surface area contributed by atoms with Crippen molar-refractivity contribution in [3.05, 3.63) is 197 Å². The van der Waals surface area contributed by atoms with Crippen molar-refractivity contribution in [2.24, 2.45) is 46.8 Å². The van der Waals surface area contributed by atoms with Crippen molar-refractivity contribution in [1.82, 2.24) is 10.6 Å². The van der Waals surface area contributed by atoms with Crippen molar-refractivity contribution in [2.45, 2.75) is 162 Å². The highest BCUT2D eigenvalue weighted by molar-refractivity contribution is 5.79. The van der Waals surface area contributed by atoms with Crippen LogP contribution in [0.5, 0.6) is 17.2 Å². The monoisotopic (exact) mass is 1210 g/mol. The van der Waals surface area contributed by atoms with E-state index in [0.717, 1.165) is 119 Å². The molecule has 6 rings (SSSR count). The molecular weight excluding hydrogens is 1090 g/mol. The third kappa shape index (κ3) is 33.9. The van der Waals surface area contributed by atoms with E-state index >= 15 is 0 Å². The molecule has 6 aromatic rings. The average Bonchev–Trinajstić information content (AvgIpc) is 3.60. The molecule has 0 bridgehead atoms. The van der Waals surface area contributed by atoms with E-state index in [0.29, 0.717) is 31.8 Å². The van der Waals surface area contributed by atoms with Crippen molar-refractivity contribution in [3.63, 3.8) is 0 Å². The van der Waals surface area contributed by atoms with Crippen molar-refractivity contribution < 1.29 is 33.7 Å². The number of nitrogens with two attached hydrogens (primary N) is 3. The molecule has 482 valence electrons. The zero-order valence-corrected chi connectivity index (χ0v) is 54.7. The second-order valence-corrected chi connectivity index (χ2v) is 23.6. The van der Waals surface area contributed by atoms with Gasteiger partial charge in [0.15, 0.2) is 0 Å². The lowest BCUT2D eigenvalue weighted by Gasteiger charge is -2.19. The van der Waals surface area contributed by atoms with Gasteiger partial charge in [0, 0.05) is 31.0 Å². The van der Waals surface area contributed by atoms with Gasteiger partial charge in [-0.15, -0.1) is 0 Å². The van der Waals surface area contributed by atoms with E-state index in [1.165, 1.54) is 66.3 Å². The van der Waals surface area contributed by atoms with Crippen LogP contribution in [-0.4, -0.2) is 76.4 Å². The summed E-state index contributed by atoms with van der Waals surface area (Å²) in [5, 5.41) is 15.7. The lowest BCUT2D eigenvalue weighted by Crippen LogP contribution is -2.40. The maximum Gasteiger partial charge on any atom is 0.306 e. The lowest BCUT2D eigenvalue weighted by atomic mass is 9.92. The Hall–Kier alpha value is -6.99. The number of hydrogen-bond acceptors (Lipinski definition) is 9. The molecule has 3 unspecified atom stereocenters. The first-order chi connectivity index (χ1) is 42.7. The summed E-state index contributed by atoms with van der Waals surface area (Å²) in [4.78, 5) is 37.2. The summed E-state index contributed by atoms with van der Waals surface area (Å²) in [7, 11) is 4.98. The largest absolute Gasteiger partial charge is 0.497 e. The van der Waals surface area contributed by atoms with Gasteiger partial charge in [0.1, 0.15) is 17.2 Å². The lowest BCUT2D eigenvalue weighted by molar-refractivity contribution is -0.142. The molecule has 88 heavy (non-hydrogen) atoms. The number of ether oxygens (including phenoxy) is 3. The minimum atomic E-state index is -0.704. The number of aryl methyl sites for hydroxylation is 6. The predicted octanol–water partition coefficient (Wildman–Crippen LogP) is 14.6. The van der Waals surface area contributed by atoms with Gasteiger partial charge in [0.25, 0.3) is 0 Å². The second-order valence-electron chi connectivity index (χ2n) is 23.6. The first kappa shape index (κ1) is 75.3. The summed E-state index contributed by atoms with van der Waals surface area (Å²) in [6, 6.07) is 54.8. The van der Waals surface area contributed by atoms with Gasteiger partial charge in [0.05, 0.1) is 27.2 Å². The van der Waals surface area contributed by atoms with Gasteiger partial charge in [-0.25, -0.2) is 0 Å². The molecule has 0 aliphatic rings. The van der Waals surface area contributed by atoms with E-state index in [1.54, 1.807) is 21.3 Å². The molecule has 0 aliphatic carbocycles. The molecular formula is C76H111N5O7. The Bertz CT molecular complexity index is 2550. The minimum Gasteiger partial charge on any atom is -0.497 e. The van der Waals surface area contributed by atoms with Gasteiger partial charge >= 0.3 is 5.97 Å². The summed E-state index contributed by atoms with van der Waals surface area (Å²) in [5.41, 5.74) is 24.4. The quantitative estimate of drug-likeness (QED) is 0.0217. The number of hydrogen-bond donors (Lipinski definition) is 6. The fourth-order valence-electron chi connectivity index (χ4n) is 10.2. The third-order valence-electron chi connectivity index (χ3n) is 16.2. The van der Waals surface area contributed by atoms with Crippen molar-refractivity contribution in [1.29, 1.82) is 0 Å². The van der Waals surface area contributed by atoms with E-state index in [9.17, 15) is 19.5 Å². The van der Waals surface area contributed by atoms with Crippen LogP contribution in [0.2, 0.25) is 0 Å². The Morgan fingerprint density at radius 1 is 0.409 bits per heavy atom. The van der Waals surface area contributed by atoms with Gasteiger partial charge in [-0.05, 0) is 197 Å². The second kappa shape index (κ2) is 47.1. The Balaban J connectivity index is 0.000000327. The number of unbranched alkanes of at least 4 members (excludes halogenated alkanes) is 2. The van der Waals surface area contributed by atoms with Gasteiger partial charge in [0.2, 0.25) is 11.8 Å². The van der Waals surface area contributed by atoms with Crippen LogP contribution >= 0.6 is 0 Å². The van der Waals surface area contributed by atoms with Crippen LogP contribution in [0, 0.1) is 29.6 Å². The molecule has 0 radical (unpaired) electrons. The normalized spacial score (nSPS) is 12.8. The van der Waals surface area contributed by atoms with Gasteiger partial charge in [-0.3, -0.25) is 14.4 Å². The molecule has 0 saturated heterocycles. The zero-order chi connectivity index (χ0) is 64.0. The van der Waals surface area contributed by atoms with Crippen LogP contribution in [0.4, 0.5) is 0 Å². The first-order valence-corrected chi connectivity index (χ1v) is 32.7. The van der Waals surface area contributed by atoms with E-state index < -0.39 is 5.97 Å². The number of carboxylic acids is 1. The topological polar surface area (TPSA) is 201 Å². The highest BCUT2D eigenvalue weighted by Crippen LogP contribution is 2.23. The molecule has 12 heteroatoms. The molecule has 6 atom stereocenters. The van der Waals surface area contributed by atoms with E-state index in [2.05, 4.69) is 99.0 Å². The van der Waals surface area contributed by atoms with Crippen molar-refractivity contribution >= 4 is 17.8 Å². The summed E-state index contributed by atoms with van der Waals surface area (Å²) < 4.78 is 15.6. The molecule has 0 aromatic heterocycles. The van der Waals surface area contributed by atoms with Gasteiger partial charge in [-0.1, -0.05) is 181 Å². The summed E-state index contributed by atoms with van der Waals surface area (Å²) >= 11 is 0. The van der Waals surface area contributed by atoms with Gasteiger partial charge < -0.3 is 47.2 Å². The van der Waals surface area contributed by atoms with Crippen molar-refractivity contribution in [3.8, 4) is 17.2 Å². The highest BCUT2D eigenvalue weighted by Gasteiger charge is 2.21. The number of carbonyl (C=O) groups is 3. The van der Waals surface area contributed by atoms with Crippen LogP contribution in [0.15, 0.2) is 164 Å². The van der Waals surface area contributed by atoms with E-state index in [1.807, 2.05) is 103 Å². The number of carbonyl (C=O) groups excluding carboxylic acids is 2. The molecule has 0 heterocycles. The number of carboxylic acid groups (broad SMARTS) is 1. The fraction of sp³-hybridized carbons (Fsp3) is 0.487. The number of amides is 2. The van der Waals surface area contributed by atoms with Crippen LogP contribution in [-0.2, 0) is 52.9 Å². The summed E-state index contributed by atoms with van der Waals surface area (Å²) in [6.07, 6.45) is 19.1. The fourth-order valence-corrected chi connectivity index (χ4v) is 10.2. The molecule has 6 aromatic carbocycles. The average molecular weight is 1210 g/mol. The van der Waals surface area contributed by atoms with Crippen LogP contribution in [0.3, 0.4) is 0 Å². The molecule has 0 saturated carbocycles. The standard InChI is InChI=1S/C26H37NO2.C24H35N3O2.C19H22O3.C7H17N/c1-4-5-9-21(2)20-27-26(28)24(16-12-22-10-7-6-8-11-22)17-13-23-14-18-25(29-3)19-15-23;1-29-23-15-11-20(12-16-23)10-14-21(13-9-19-6-3-2-4-7-19)24(28)27-18-22(26)8-5-17-25;1-22-18-13-9-16(10-14-18)8-12-17(19(20)21)11-7-15-5-3-2-4-6-15;1-3-4-5-7(2)6-8/h6-8,10-11,14-15,18-19,21,24H,4-5,9,12-13,16-17,20H2,1-3H3,(H,27,28);2-4,6-7,11-12,15-16,21-22H,5,8-10,13-14,17-18,25-26H2,1H3,(H,27,28);2-6,9-10,13-14,17H,7-8,11-12H2,1H3,(H,20,21);7H,3-6,8H2,1-2H3/t21-,24?;21?,22-;;7-/m00.0/s1. The maximum atomic E-state index is 12.9. The number of methoxy groups -OCH3 is 3. The third-order valence-corrected chi connectivity index (χ3v) is 16.2. The summed E-state index contributed by atoms with van der Waals surface area (Å²) in [6.45, 7) is 11.6. The molecule has 0 spiro atoms. The maximum absolute atomic E-state index is 12.9. The SMILES string of the molecule is CCCC[C@H](C)CN.CCCC[C@H](C)CNC(=O)C(CCc1ccccc1)CCc1ccc(OC)cc1.COc1ccc(CCC(CCc2ccccc2)C(=O)NC[C@@H](N)CCCN)cc1.COc1ccc(CCC(CCc2ccccc2)C(=O)O)cc1. The Morgan fingerprint density at radius 2 is 0.716 bits per heavy atom. The molecule has 2 amide bonds. The van der Waals surface area contributed by atoms with Crippen molar-refractivity contribution in [2.75, 3.05) is 47.5 Å². The zero-order valence-electron chi connectivity index (χ0n) is 54.7. The van der Waals surface area contributed by atoms with E-state index in [-0.39, 0.29) is 35.6 Å². The molecule has 0 fully saturated rings. The van der Waals surface area contributed by atoms with Crippen LogP contribution in [0.25, 0.3) is 0 Å². The molecule has 0 aliphatic heterocycles.